The maximum Gasteiger partial charge on any atom is 0.127 e. The van der Waals surface area contributed by atoms with Crippen molar-refractivity contribution in [1.29, 1.82) is 0 Å². The standard InChI is InChI=1S/C32H40O8S6/c1-3-25-26-4-2-6-28(25)40-18-16-36-10-8-34-12-14-38-20-22-42-30-24-44-32(46-30)31-43-23-29(45-31)41-21-19-37-13-11-33-7-9-35-15-17-39-27(26)5-1/h1-6,23-24H,7-22H2/b32-31-. The second-order valence-electron chi connectivity index (χ2n) is 9.56. The van der Waals surface area contributed by atoms with Gasteiger partial charge in [-0.25, -0.2) is 0 Å². The summed E-state index contributed by atoms with van der Waals surface area (Å²) in [5.41, 5.74) is 0. The smallest absolute Gasteiger partial charge is 0.127 e. The van der Waals surface area contributed by atoms with E-state index in [4.69, 9.17) is 37.9 Å². The molecule has 2 aromatic carbocycles. The Bertz CT molecular complexity index is 1210. The molecule has 8 nitrogen and oxygen atoms in total. The Morgan fingerprint density at radius 2 is 0.783 bits per heavy atom. The lowest BCUT2D eigenvalue weighted by molar-refractivity contribution is 0.0118. The molecule has 46 heavy (non-hydrogen) atoms. The summed E-state index contributed by atoms with van der Waals surface area (Å²) in [5.74, 6) is 3.46. The van der Waals surface area contributed by atoms with Crippen LogP contribution in [-0.2, 0) is 28.4 Å². The quantitative estimate of drug-likeness (QED) is 0.263. The van der Waals surface area contributed by atoms with Gasteiger partial charge in [-0.1, -0.05) is 71.3 Å². The van der Waals surface area contributed by atoms with Crippen LogP contribution in [0.5, 0.6) is 11.5 Å². The van der Waals surface area contributed by atoms with E-state index in [1.807, 2.05) is 107 Å². The minimum Gasteiger partial charge on any atom is -0.491 e. The Kier molecular flexibility index (Phi) is 17.7. The molecule has 0 saturated heterocycles. The topological polar surface area (TPSA) is 73.8 Å². The lowest BCUT2D eigenvalue weighted by Gasteiger charge is -2.13. The first kappa shape index (κ1) is 36.7. The predicted octanol–water partition coefficient (Wildman–Crippen LogP) is 7.86. The monoisotopic (exact) mass is 744 g/mol. The van der Waals surface area contributed by atoms with E-state index in [9.17, 15) is 0 Å². The number of hydrogen-bond donors (Lipinski definition) is 0. The molecular formula is C32H40O8S6. The van der Waals surface area contributed by atoms with Crippen LogP contribution in [-0.4, -0.2) is 104 Å². The van der Waals surface area contributed by atoms with E-state index in [-0.39, 0.29) is 0 Å². The van der Waals surface area contributed by atoms with Crippen LogP contribution < -0.4 is 9.47 Å². The molecule has 0 N–H and O–H groups in total. The van der Waals surface area contributed by atoms with Gasteiger partial charge >= 0.3 is 0 Å². The first-order valence-corrected chi connectivity index (χ1v) is 20.6. The average molecular weight is 745 g/mol. The normalized spacial score (nSPS) is 23.3. The molecule has 0 spiro atoms. The molecule has 3 aliphatic heterocycles. The zero-order valence-corrected chi connectivity index (χ0v) is 30.5. The summed E-state index contributed by atoms with van der Waals surface area (Å²) in [6.45, 7) is 7.64. The van der Waals surface area contributed by atoms with Gasteiger partial charge in [-0.3, -0.25) is 0 Å². The number of hydrogen-bond acceptors (Lipinski definition) is 14. The van der Waals surface area contributed by atoms with Gasteiger partial charge in [0, 0.05) is 22.3 Å². The zero-order valence-electron chi connectivity index (χ0n) is 25.6. The number of thioether (sulfide) groups is 6. The Balaban J connectivity index is 1.03. The van der Waals surface area contributed by atoms with Crippen LogP contribution in [0.2, 0.25) is 0 Å². The van der Waals surface area contributed by atoms with Crippen molar-refractivity contribution in [2.24, 2.45) is 0 Å². The van der Waals surface area contributed by atoms with Crippen molar-refractivity contribution in [3.8, 4) is 11.5 Å². The van der Waals surface area contributed by atoms with E-state index in [2.05, 4.69) is 10.8 Å². The highest BCUT2D eigenvalue weighted by molar-refractivity contribution is 8.40. The van der Waals surface area contributed by atoms with Crippen molar-refractivity contribution in [2.75, 3.05) is 104 Å². The van der Waals surface area contributed by atoms with Crippen LogP contribution in [0.25, 0.3) is 10.8 Å². The Morgan fingerprint density at radius 1 is 0.413 bits per heavy atom. The zero-order chi connectivity index (χ0) is 31.5. The van der Waals surface area contributed by atoms with E-state index in [1.165, 1.54) is 16.9 Å². The lowest BCUT2D eigenvalue weighted by atomic mass is 10.1. The van der Waals surface area contributed by atoms with Gasteiger partial charge in [0.15, 0.2) is 0 Å². The highest BCUT2D eigenvalue weighted by atomic mass is 32.2. The second-order valence-corrected chi connectivity index (χ2v) is 16.7. The third-order valence-electron chi connectivity index (χ3n) is 6.32. The van der Waals surface area contributed by atoms with Gasteiger partial charge in [-0.2, -0.15) is 0 Å². The maximum atomic E-state index is 6.03. The molecule has 5 rings (SSSR count). The lowest BCUT2D eigenvalue weighted by Crippen LogP contribution is -2.13. The van der Waals surface area contributed by atoms with Crippen molar-refractivity contribution < 1.29 is 37.9 Å². The van der Waals surface area contributed by atoms with Gasteiger partial charge in [-0.05, 0) is 22.9 Å². The van der Waals surface area contributed by atoms with E-state index < -0.39 is 0 Å². The molecule has 8 bridgehead atoms. The summed E-state index contributed by atoms with van der Waals surface area (Å²) in [7, 11) is 0. The van der Waals surface area contributed by atoms with Crippen LogP contribution in [0.15, 0.2) is 64.2 Å². The molecule has 252 valence electrons. The number of benzene rings is 2. The van der Waals surface area contributed by atoms with Crippen LogP contribution in [0.1, 0.15) is 0 Å². The van der Waals surface area contributed by atoms with Gasteiger partial charge in [0.2, 0.25) is 0 Å². The summed E-state index contributed by atoms with van der Waals surface area (Å²) in [6.07, 6.45) is 0. The molecule has 0 radical (unpaired) electrons. The molecule has 3 aliphatic rings. The summed E-state index contributed by atoms with van der Waals surface area (Å²) < 4.78 is 51.7. The van der Waals surface area contributed by atoms with E-state index in [1.54, 1.807) is 0 Å². The van der Waals surface area contributed by atoms with Crippen molar-refractivity contribution >= 4 is 81.3 Å². The van der Waals surface area contributed by atoms with Gasteiger partial charge in [0.25, 0.3) is 0 Å². The molecule has 2 aromatic rings. The largest absolute Gasteiger partial charge is 0.491 e. The molecule has 0 aliphatic carbocycles. The summed E-state index contributed by atoms with van der Waals surface area (Å²) >= 11 is 11.1. The fourth-order valence-corrected chi connectivity index (χ4v) is 11.7. The minimum absolute atomic E-state index is 0.452. The fourth-order valence-electron chi connectivity index (χ4n) is 4.20. The van der Waals surface area contributed by atoms with E-state index in [0.29, 0.717) is 92.5 Å². The van der Waals surface area contributed by atoms with Gasteiger partial charge in [0.1, 0.15) is 24.7 Å². The van der Waals surface area contributed by atoms with E-state index >= 15 is 0 Å². The SMILES string of the molecule is C1=C2SCCOCCOCCOCCOc3cccc4c(cccc34)OCCOCCOCCOCCSC3=CS/C(=C(\S1)S2)S3. The fraction of sp³-hybridized carbons (Fsp3) is 0.500. The van der Waals surface area contributed by atoms with Gasteiger partial charge in [0.05, 0.1) is 96.2 Å². The molecule has 14 heteroatoms. The van der Waals surface area contributed by atoms with Crippen LogP contribution in [0.3, 0.4) is 0 Å². The highest BCUT2D eigenvalue weighted by Crippen LogP contribution is 2.58. The molecule has 0 unspecified atom stereocenters. The Labute approximate surface area is 297 Å². The Hall–Kier alpha value is -0.620. The molecule has 0 saturated carbocycles. The average Bonchev–Trinajstić information content (AvgIpc) is 3.75. The molecule has 0 amide bonds. The Morgan fingerprint density at radius 3 is 1.20 bits per heavy atom. The van der Waals surface area contributed by atoms with Crippen molar-refractivity contribution in [3.63, 3.8) is 0 Å². The summed E-state index contributed by atoms with van der Waals surface area (Å²) in [5, 5.41) is 6.51. The number of ether oxygens (including phenoxy) is 8. The molecule has 0 aromatic heterocycles. The first-order valence-electron chi connectivity index (χ1n) is 15.2. The molecule has 0 fully saturated rings. The summed E-state index contributed by atoms with van der Waals surface area (Å²) in [6, 6.07) is 12.0. The van der Waals surface area contributed by atoms with E-state index in [0.717, 1.165) is 33.8 Å². The van der Waals surface area contributed by atoms with Crippen LogP contribution in [0.4, 0.5) is 0 Å². The predicted molar refractivity (Wildman–Crippen MR) is 198 cm³/mol. The van der Waals surface area contributed by atoms with Crippen LogP contribution >= 0.6 is 70.6 Å². The minimum atomic E-state index is 0.452. The number of fused-ring (bicyclic) bond motifs is 4. The third-order valence-corrected chi connectivity index (χ3v) is 14.2. The highest BCUT2D eigenvalue weighted by Gasteiger charge is 2.22. The molecule has 0 atom stereocenters. The maximum absolute atomic E-state index is 6.03. The second kappa shape index (κ2) is 22.2. The molecular weight excluding hydrogens is 705 g/mol. The first-order chi connectivity index (χ1) is 22.9. The third kappa shape index (κ3) is 13.0. The number of rotatable bonds is 0. The summed E-state index contributed by atoms with van der Waals surface area (Å²) in [4.78, 5) is 0. The van der Waals surface area contributed by atoms with Crippen molar-refractivity contribution in [2.45, 2.75) is 0 Å². The van der Waals surface area contributed by atoms with Crippen molar-refractivity contribution in [3.05, 3.63) is 64.2 Å². The van der Waals surface area contributed by atoms with Gasteiger partial charge < -0.3 is 37.9 Å². The van der Waals surface area contributed by atoms with Crippen LogP contribution in [0, 0.1) is 0 Å². The van der Waals surface area contributed by atoms with Gasteiger partial charge in [-0.15, -0.1) is 23.5 Å². The van der Waals surface area contributed by atoms with Crippen molar-refractivity contribution in [1.82, 2.24) is 0 Å². The molecule has 3 heterocycles.